The van der Waals surface area contributed by atoms with Gasteiger partial charge in [0.05, 0.1) is 11.1 Å². The summed E-state index contributed by atoms with van der Waals surface area (Å²) in [7, 11) is 0. The molecule has 0 atom stereocenters. The highest BCUT2D eigenvalue weighted by Crippen LogP contribution is 2.29. The summed E-state index contributed by atoms with van der Waals surface area (Å²) in [6.07, 6.45) is 1.15. The fourth-order valence-corrected chi connectivity index (χ4v) is 1.29. The fraction of sp³-hybridized carbons (Fsp3) is 0.100. The van der Waals surface area contributed by atoms with Gasteiger partial charge in [-0.15, -0.1) is 0 Å². The van der Waals surface area contributed by atoms with E-state index >= 15 is 0 Å². The molecule has 1 aromatic rings. The van der Waals surface area contributed by atoms with E-state index in [1.807, 2.05) is 0 Å². The van der Waals surface area contributed by atoms with Crippen LogP contribution in [0.25, 0.3) is 0 Å². The van der Waals surface area contributed by atoms with Crippen LogP contribution in [0.1, 0.15) is 22.2 Å². The quantitative estimate of drug-likeness (QED) is 0.578. The molecule has 1 heterocycles. The monoisotopic (exact) mass is 230 g/mol. The van der Waals surface area contributed by atoms with Gasteiger partial charge in [0.25, 0.3) is 6.29 Å². The van der Waals surface area contributed by atoms with Crippen LogP contribution < -0.4 is 0 Å². The Morgan fingerprint density at radius 1 is 1.06 bits per heavy atom. The number of carbonyl (C=O) groups excluding carboxylic acids is 1. The van der Waals surface area contributed by atoms with Crippen LogP contribution in [-0.2, 0) is 9.47 Å². The summed E-state index contributed by atoms with van der Waals surface area (Å²) in [5, 5.41) is 0. The molecule has 1 aliphatic rings. The molecule has 0 saturated carbocycles. The smallest absolute Gasteiger partial charge is 0.269 e. The Labute approximate surface area is 88.1 Å². The molecule has 3 nitrogen and oxygen atoms in total. The maximum absolute atomic E-state index is 13.3. The Morgan fingerprint density at radius 3 is 2.25 bits per heavy atom. The molecule has 0 aromatic heterocycles. The second-order valence-electron chi connectivity index (χ2n) is 2.99. The Bertz CT molecular complexity index is 463. The van der Waals surface area contributed by atoms with E-state index in [0.717, 1.165) is 18.6 Å². The number of ether oxygens (including phenoxy) is 2. The van der Waals surface area contributed by atoms with Gasteiger partial charge in [-0.3, -0.25) is 4.79 Å². The number of hydrogen-bond donors (Lipinski definition) is 0. The zero-order valence-electron chi connectivity index (χ0n) is 7.75. The van der Waals surface area contributed by atoms with Crippen molar-refractivity contribution in [3.05, 3.63) is 47.2 Å². The predicted molar refractivity (Wildman–Crippen MR) is 45.8 cm³/mol. The Hall–Kier alpha value is -1.98. The SMILES string of the molecule is O=Cc1cc(C2OC=CO2)c(F)c(F)c1F. The molecule has 2 rings (SSSR count). The van der Waals surface area contributed by atoms with E-state index in [4.69, 9.17) is 9.47 Å². The molecule has 0 N–H and O–H groups in total. The van der Waals surface area contributed by atoms with Crippen LogP contribution in [0.3, 0.4) is 0 Å². The lowest BCUT2D eigenvalue weighted by atomic mass is 10.1. The molecule has 1 aliphatic heterocycles. The highest BCUT2D eigenvalue weighted by molar-refractivity contribution is 5.75. The molecule has 0 amide bonds. The van der Waals surface area contributed by atoms with Crippen LogP contribution >= 0.6 is 0 Å². The first-order chi connectivity index (χ1) is 7.65. The maximum Gasteiger partial charge on any atom is 0.269 e. The lowest BCUT2D eigenvalue weighted by molar-refractivity contribution is -0.0277. The van der Waals surface area contributed by atoms with Gasteiger partial charge in [-0.25, -0.2) is 13.2 Å². The summed E-state index contributed by atoms with van der Waals surface area (Å²) in [6, 6.07) is 0.846. The van der Waals surface area contributed by atoms with Gasteiger partial charge in [0, 0.05) is 0 Å². The van der Waals surface area contributed by atoms with Crippen LogP contribution in [-0.4, -0.2) is 6.29 Å². The largest absolute Gasteiger partial charge is 0.455 e. The third-order valence-electron chi connectivity index (χ3n) is 2.04. The molecular formula is C10H5F3O3. The first-order valence-corrected chi connectivity index (χ1v) is 4.23. The van der Waals surface area contributed by atoms with Gasteiger partial charge in [0.15, 0.2) is 23.7 Å². The second-order valence-corrected chi connectivity index (χ2v) is 2.99. The highest BCUT2D eigenvalue weighted by atomic mass is 19.2. The molecule has 0 radical (unpaired) electrons. The minimum Gasteiger partial charge on any atom is -0.455 e. The molecule has 1 aromatic carbocycles. The molecule has 0 spiro atoms. The van der Waals surface area contributed by atoms with Crippen molar-refractivity contribution in [3.63, 3.8) is 0 Å². The summed E-state index contributed by atoms with van der Waals surface area (Å²) >= 11 is 0. The van der Waals surface area contributed by atoms with Crippen molar-refractivity contribution in [2.45, 2.75) is 6.29 Å². The van der Waals surface area contributed by atoms with E-state index in [9.17, 15) is 18.0 Å². The van der Waals surface area contributed by atoms with Crippen molar-refractivity contribution < 1.29 is 27.4 Å². The summed E-state index contributed by atoms with van der Waals surface area (Å²) < 4.78 is 48.9. The summed E-state index contributed by atoms with van der Waals surface area (Å²) in [4.78, 5) is 10.4. The number of carbonyl (C=O) groups is 1. The molecule has 0 unspecified atom stereocenters. The molecule has 84 valence electrons. The van der Waals surface area contributed by atoms with Crippen LogP contribution in [0.5, 0.6) is 0 Å². The molecule has 6 heteroatoms. The van der Waals surface area contributed by atoms with Crippen molar-refractivity contribution in [2.24, 2.45) is 0 Å². The van der Waals surface area contributed by atoms with Gasteiger partial charge in [-0.05, 0) is 6.07 Å². The van der Waals surface area contributed by atoms with Gasteiger partial charge >= 0.3 is 0 Å². The van der Waals surface area contributed by atoms with Crippen molar-refractivity contribution >= 4 is 6.29 Å². The third-order valence-corrected chi connectivity index (χ3v) is 2.04. The van der Waals surface area contributed by atoms with Gasteiger partial charge in [-0.2, -0.15) is 0 Å². The zero-order chi connectivity index (χ0) is 11.7. The van der Waals surface area contributed by atoms with E-state index in [0.29, 0.717) is 0 Å². The van der Waals surface area contributed by atoms with Gasteiger partial charge in [-0.1, -0.05) is 0 Å². The minimum absolute atomic E-state index is 0.0870. The number of aldehydes is 1. The number of hydrogen-bond acceptors (Lipinski definition) is 3. The van der Waals surface area contributed by atoms with Crippen molar-refractivity contribution in [1.82, 2.24) is 0 Å². The summed E-state index contributed by atoms with van der Waals surface area (Å²) in [6.45, 7) is 0. The normalized spacial score (nSPS) is 14.7. The predicted octanol–water partition coefficient (Wildman–Crippen LogP) is 2.43. The molecule has 16 heavy (non-hydrogen) atoms. The zero-order valence-corrected chi connectivity index (χ0v) is 7.75. The topological polar surface area (TPSA) is 35.5 Å². The molecule has 0 saturated heterocycles. The first-order valence-electron chi connectivity index (χ1n) is 4.23. The standard InChI is InChI=1S/C10H5F3O3/c11-7-5(4-14)3-6(8(12)9(7)13)10-15-1-2-16-10/h1-4,10H. The van der Waals surface area contributed by atoms with Crippen LogP contribution in [0.15, 0.2) is 18.6 Å². The van der Waals surface area contributed by atoms with E-state index in [1.165, 1.54) is 0 Å². The van der Waals surface area contributed by atoms with Crippen LogP contribution in [0.4, 0.5) is 13.2 Å². The highest BCUT2D eigenvalue weighted by Gasteiger charge is 2.26. The minimum atomic E-state index is -1.72. The lowest BCUT2D eigenvalue weighted by Gasteiger charge is -2.12. The Kier molecular flexibility index (Phi) is 2.55. The molecule has 0 fully saturated rings. The fourth-order valence-electron chi connectivity index (χ4n) is 1.29. The van der Waals surface area contributed by atoms with E-state index in [1.54, 1.807) is 0 Å². The number of rotatable bonds is 2. The molecular weight excluding hydrogens is 225 g/mol. The van der Waals surface area contributed by atoms with Crippen molar-refractivity contribution in [2.75, 3.05) is 0 Å². The average molecular weight is 230 g/mol. The third kappa shape index (κ3) is 1.52. The first kappa shape index (κ1) is 10.5. The number of halogens is 3. The lowest BCUT2D eigenvalue weighted by Crippen LogP contribution is -2.07. The van der Waals surface area contributed by atoms with Crippen LogP contribution in [0.2, 0.25) is 0 Å². The average Bonchev–Trinajstić information content (AvgIpc) is 2.80. The number of benzene rings is 1. The van der Waals surface area contributed by atoms with E-state index in [-0.39, 0.29) is 11.8 Å². The van der Waals surface area contributed by atoms with Crippen molar-refractivity contribution in [3.8, 4) is 0 Å². The van der Waals surface area contributed by atoms with Gasteiger partial charge < -0.3 is 9.47 Å². The molecule has 0 bridgehead atoms. The van der Waals surface area contributed by atoms with E-state index < -0.39 is 29.3 Å². The molecule has 0 aliphatic carbocycles. The van der Waals surface area contributed by atoms with Crippen molar-refractivity contribution in [1.29, 1.82) is 0 Å². The summed E-state index contributed by atoms with van der Waals surface area (Å²) in [5.74, 6) is -4.68. The second kappa shape index (κ2) is 3.88. The Morgan fingerprint density at radius 2 is 1.69 bits per heavy atom. The van der Waals surface area contributed by atoms with E-state index in [2.05, 4.69) is 0 Å². The van der Waals surface area contributed by atoms with Crippen LogP contribution in [0, 0.1) is 17.5 Å². The summed E-state index contributed by atoms with van der Waals surface area (Å²) in [5.41, 5.74) is -0.959. The Balaban J connectivity index is 2.52. The van der Waals surface area contributed by atoms with Gasteiger partial charge in [0.1, 0.15) is 12.5 Å². The maximum atomic E-state index is 13.3. The van der Waals surface area contributed by atoms with Gasteiger partial charge in [0.2, 0.25) is 0 Å².